The third-order valence-electron chi connectivity index (χ3n) is 2.57. The monoisotopic (exact) mass is 252 g/mol. The molecule has 0 aliphatic heterocycles. The molecular formula is C13H20N2OS. The van der Waals surface area contributed by atoms with Gasteiger partial charge in [0, 0.05) is 28.8 Å². The molecule has 2 unspecified atom stereocenters. The lowest BCUT2D eigenvalue weighted by atomic mass is 10.2. The first-order valence-corrected chi connectivity index (χ1v) is 6.70. The van der Waals surface area contributed by atoms with Crippen molar-refractivity contribution >= 4 is 23.4 Å². The van der Waals surface area contributed by atoms with Crippen LogP contribution in [-0.4, -0.2) is 17.2 Å². The second-order valence-corrected chi connectivity index (χ2v) is 5.55. The van der Waals surface area contributed by atoms with Crippen LogP contribution in [0.3, 0.4) is 0 Å². The molecule has 0 aliphatic carbocycles. The minimum absolute atomic E-state index is 0.0493. The van der Waals surface area contributed by atoms with E-state index in [1.165, 1.54) is 11.8 Å². The maximum absolute atomic E-state index is 10.9. The number of thioether (sulfide) groups is 1. The maximum atomic E-state index is 10.9. The van der Waals surface area contributed by atoms with Crippen molar-refractivity contribution in [3.8, 4) is 0 Å². The Labute approximate surface area is 107 Å². The Morgan fingerprint density at radius 1 is 1.41 bits per heavy atom. The molecule has 0 heterocycles. The van der Waals surface area contributed by atoms with Gasteiger partial charge in [-0.15, -0.1) is 11.8 Å². The smallest absolute Gasteiger partial charge is 0.221 e. The highest BCUT2D eigenvalue weighted by molar-refractivity contribution is 8.00. The summed E-state index contributed by atoms with van der Waals surface area (Å²) < 4.78 is 0. The molecule has 3 N–H and O–H groups in total. The average molecular weight is 252 g/mol. The van der Waals surface area contributed by atoms with Gasteiger partial charge in [0.05, 0.1) is 0 Å². The molecule has 1 rings (SSSR count). The van der Waals surface area contributed by atoms with E-state index < -0.39 is 0 Å². The van der Waals surface area contributed by atoms with E-state index in [0.29, 0.717) is 5.25 Å². The summed E-state index contributed by atoms with van der Waals surface area (Å²) in [4.78, 5) is 12.0. The van der Waals surface area contributed by atoms with E-state index in [4.69, 9.17) is 5.73 Å². The van der Waals surface area contributed by atoms with E-state index in [1.54, 1.807) is 11.8 Å². The fourth-order valence-electron chi connectivity index (χ4n) is 1.45. The summed E-state index contributed by atoms with van der Waals surface area (Å²) >= 11 is 1.77. The van der Waals surface area contributed by atoms with Crippen LogP contribution in [0.1, 0.15) is 27.2 Å². The molecule has 0 radical (unpaired) electrons. The lowest BCUT2D eigenvalue weighted by Gasteiger charge is -2.17. The average Bonchev–Trinajstić information content (AvgIpc) is 2.30. The highest BCUT2D eigenvalue weighted by Crippen LogP contribution is 2.26. The van der Waals surface area contributed by atoms with Crippen LogP contribution in [-0.2, 0) is 4.79 Å². The number of hydrogen-bond donors (Lipinski definition) is 2. The predicted molar refractivity (Wildman–Crippen MR) is 74.3 cm³/mol. The standard InChI is InChI=1S/C13H20N2OS/c1-4-13(14)9(2)17-12-7-5-11(6-8-12)15-10(3)16/h5-9,13H,4,14H2,1-3H3,(H,15,16). The summed E-state index contributed by atoms with van der Waals surface area (Å²) in [5.41, 5.74) is 6.81. The summed E-state index contributed by atoms with van der Waals surface area (Å²) in [5.74, 6) is -0.0493. The van der Waals surface area contributed by atoms with Gasteiger partial charge in [-0.3, -0.25) is 4.79 Å². The number of nitrogens with one attached hydrogen (secondary N) is 1. The summed E-state index contributed by atoms with van der Waals surface area (Å²) in [5, 5.41) is 3.14. The molecule has 0 fully saturated rings. The molecule has 1 aromatic rings. The molecule has 0 saturated carbocycles. The Kier molecular flexibility index (Phi) is 5.51. The highest BCUT2D eigenvalue weighted by atomic mass is 32.2. The number of anilines is 1. The number of carbonyl (C=O) groups is 1. The number of hydrogen-bond acceptors (Lipinski definition) is 3. The second kappa shape index (κ2) is 6.67. The van der Waals surface area contributed by atoms with Crippen molar-refractivity contribution in [3.05, 3.63) is 24.3 Å². The largest absolute Gasteiger partial charge is 0.327 e. The van der Waals surface area contributed by atoms with Crippen LogP contribution < -0.4 is 11.1 Å². The van der Waals surface area contributed by atoms with Crippen LogP contribution in [0, 0.1) is 0 Å². The lowest BCUT2D eigenvalue weighted by Crippen LogP contribution is -2.29. The molecule has 1 aromatic carbocycles. The van der Waals surface area contributed by atoms with Gasteiger partial charge in [0.15, 0.2) is 0 Å². The van der Waals surface area contributed by atoms with Crippen LogP contribution in [0.15, 0.2) is 29.2 Å². The number of amides is 1. The minimum atomic E-state index is -0.0493. The third kappa shape index (κ3) is 4.79. The van der Waals surface area contributed by atoms with Gasteiger partial charge < -0.3 is 11.1 Å². The summed E-state index contributed by atoms with van der Waals surface area (Å²) in [6, 6.07) is 8.06. The van der Waals surface area contributed by atoms with Crippen molar-refractivity contribution in [3.63, 3.8) is 0 Å². The van der Waals surface area contributed by atoms with E-state index in [9.17, 15) is 4.79 Å². The summed E-state index contributed by atoms with van der Waals surface area (Å²) in [6.45, 7) is 5.74. The molecule has 4 heteroatoms. The highest BCUT2D eigenvalue weighted by Gasteiger charge is 2.11. The number of carbonyl (C=O) groups excluding carboxylic acids is 1. The zero-order chi connectivity index (χ0) is 12.8. The summed E-state index contributed by atoms with van der Waals surface area (Å²) in [7, 11) is 0. The fourth-order valence-corrected chi connectivity index (χ4v) is 2.54. The van der Waals surface area contributed by atoms with Crippen molar-refractivity contribution in [2.75, 3.05) is 5.32 Å². The van der Waals surface area contributed by atoms with Crippen molar-refractivity contribution in [2.24, 2.45) is 5.73 Å². The molecule has 17 heavy (non-hydrogen) atoms. The van der Waals surface area contributed by atoms with Gasteiger partial charge in [-0.1, -0.05) is 13.8 Å². The Morgan fingerprint density at radius 3 is 2.47 bits per heavy atom. The SMILES string of the molecule is CCC(N)C(C)Sc1ccc(NC(C)=O)cc1. The van der Waals surface area contributed by atoms with Crippen LogP contribution in [0.2, 0.25) is 0 Å². The zero-order valence-electron chi connectivity index (χ0n) is 10.6. The second-order valence-electron chi connectivity index (χ2n) is 4.10. The van der Waals surface area contributed by atoms with Crippen LogP contribution in [0.25, 0.3) is 0 Å². The van der Waals surface area contributed by atoms with Crippen LogP contribution in [0.4, 0.5) is 5.69 Å². The van der Waals surface area contributed by atoms with Gasteiger partial charge in [0.1, 0.15) is 0 Å². The first-order chi connectivity index (χ1) is 8.02. The van der Waals surface area contributed by atoms with E-state index in [-0.39, 0.29) is 11.9 Å². The van der Waals surface area contributed by atoms with Gasteiger partial charge >= 0.3 is 0 Å². The van der Waals surface area contributed by atoms with Crippen LogP contribution >= 0.6 is 11.8 Å². The molecular weight excluding hydrogens is 232 g/mol. The first kappa shape index (κ1) is 14.1. The van der Waals surface area contributed by atoms with Gasteiger partial charge in [-0.05, 0) is 30.7 Å². The van der Waals surface area contributed by atoms with Crippen LogP contribution in [0.5, 0.6) is 0 Å². The first-order valence-electron chi connectivity index (χ1n) is 5.82. The fraction of sp³-hybridized carbons (Fsp3) is 0.462. The topological polar surface area (TPSA) is 55.1 Å². The zero-order valence-corrected chi connectivity index (χ0v) is 11.4. The molecule has 0 saturated heterocycles. The molecule has 3 nitrogen and oxygen atoms in total. The minimum Gasteiger partial charge on any atom is -0.327 e. The van der Waals surface area contributed by atoms with Gasteiger partial charge in [0.2, 0.25) is 5.91 Å². The molecule has 0 aromatic heterocycles. The van der Waals surface area contributed by atoms with E-state index in [1.807, 2.05) is 24.3 Å². The van der Waals surface area contributed by atoms with Crippen molar-refractivity contribution in [2.45, 2.75) is 43.4 Å². The number of nitrogens with two attached hydrogens (primary N) is 1. The number of benzene rings is 1. The van der Waals surface area contributed by atoms with E-state index >= 15 is 0 Å². The van der Waals surface area contributed by atoms with Crippen molar-refractivity contribution in [1.29, 1.82) is 0 Å². The maximum Gasteiger partial charge on any atom is 0.221 e. The predicted octanol–water partition coefficient (Wildman–Crippen LogP) is 2.86. The molecule has 94 valence electrons. The molecule has 0 spiro atoms. The van der Waals surface area contributed by atoms with E-state index in [0.717, 1.165) is 12.1 Å². The molecule has 0 aliphatic rings. The van der Waals surface area contributed by atoms with Crippen molar-refractivity contribution in [1.82, 2.24) is 0 Å². The normalized spacial score (nSPS) is 14.1. The molecule has 0 bridgehead atoms. The lowest BCUT2D eigenvalue weighted by molar-refractivity contribution is -0.114. The van der Waals surface area contributed by atoms with Gasteiger partial charge in [0.25, 0.3) is 0 Å². The quantitative estimate of drug-likeness (QED) is 0.792. The van der Waals surface area contributed by atoms with Gasteiger partial charge in [-0.25, -0.2) is 0 Å². The Morgan fingerprint density at radius 2 is 2.00 bits per heavy atom. The van der Waals surface area contributed by atoms with Crippen molar-refractivity contribution < 1.29 is 4.79 Å². The van der Waals surface area contributed by atoms with Gasteiger partial charge in [-0.2, -0.15) is 0 Å². The third-order valence-corrected chi connectivity index (χ3v) is 3.84. The number of rotatable bonds is 5. The molecule has 2 atom stereocenters. The Balaban J connectivity index is 2.59. The Bertz CT molecular complexity index is 364. The summed E-state index contributed by atoms with van der Waals surface area (Å²) in [6.07, 6.45) is 0.984. The van der Waals surface area contributed by atoms with E-state index in [2.05, 4.69) is 19.2 Å². The Hall–Kier alpha value is -1.00. The molecule has 1 amide bonds.